The van der Waals surface area contributed by atoms with Crippen LogP contribution < -0.4 is 5.56 Å². The van der Waals surface area contributed by atoms with E-state index in [9.17, 15) is 9.59 Å². The highest BCUT2D eigenvalue weighted by atomic mass is 32.1. The molecule has 3 aromatic rings. The Labute approximate surface area is 192 Å². The summed E-state index contributed by atoms with van der Waals surface area (Å²) < 4.78 is 3.48. The molecule has 0 bridgehead atoms. The Hall–Kier alpha value is -2.25. The van der Waals surface area contributed by atoms with Crippen molar-refractivity contribution < 1.29 is 4.79 Å². The Kier molecular flexibility index (Phi) is 6.03. The first kappa shape index (κ1) is 21.6. The van der Waals surface area contributed by atoms with Gasteiger partial charge in [-0.2, -0.15) is 5.10 Å². The predicted molar refractivity (Wildman–Crippen MR) is 130 cm³/mol. The maximum absolute atomic E-state index is 13.5. The summed E-state index contributed by atoms with van der Waals surface area (Å²) >= 11 is 1.60. The topological polar surface area (TPSA) is 58.4 Å². The van der Waals surface area contributed by atoms with E-state index in [4.69, 9.17) is 0 Å². The molecule has 170 valence electrons. The molecule has 0 unspecified atom stereocenters. The highest BCUT2D eigenvalue weighted by molar-refractivity contribution is 7.26. The zero-order valence-electron chi connectivity index (χ0n) is 19.0. The molecule has 2 fully saturated rings. The first-order valence-electron chi connectivity index (χ1n) is 12.0. The molecule has 0 N–H and O–H groups in total. The summed E-state index contributed by atoms with van der Waals surface area (Å²) in [5.41, 5.74) is 0.669. The quantitative estimate of drug-likeness (QED) is 0.591. The molecule has 0 radical (unpaired) electrons. The van der Waals surface area contributed by atoms with Crippen LogP contribution in [0.4, 0.5) is 0 Å². The van der Waals surface area contributed by atoms with Crippen molar-refractivity contribution >= 4 is 37.4 Å². The normalized spacial score (nSPS) is 19.6. The van der Waals surface area contributed by atoms with Crippen molar-refractivity contribution in [2.75, 3.05) is 26.2 Å². The van der Waals surface area contributed by atoms with E-state index in [-0.39, 0.29) is 11.5 Å². The summed E-state index contributed by atoms with van der Waals surface area (Å²) in [6.07, 6.45) is 6.55. The van der Waals surface area contributed by atoms with Crippen LogP contribution in [0.3, 0.4) is 0 Å². The Morgan fingerprint density at radius 1 is 1.12 bits per heavy atom. The Bertz CT molecular complexity index is 1190. The predicted octanol–water partition coefficient (Wildman–Crippen LogP) is 4.35. The molecule has 2 aliphatic rings. The third-order valence-electron chi connectivity index (χ3n) is 7.25. The van der Waals surface area contributed by atoms with Gasteiger partial charge in [-0.1, -0.05) is 31.5 Å². The smallest absolute Gasteiger partial charge is 0.276 e. The van der Waals surface area contributed by atoms with Gasteiger partial charge in [0.15, 0.2) is 0 Å². The minimum absolute atomic E-state index is 0.0393. The van der Waals surface area contributed by atoms with E-state index in [1.54, 1.807) is 11.3 Å². The van der Waals surface area contributed by atoms with Crippen LogP contribution in [0.1, 0.15) is 57.2 Å². The van der Waals surface area contributed by atoms with E-state index in [0.717, 1.165) is 46.4 Å². The molecule has 0 saturated carbocycles. The molecule has 7 heteroatoms. The van der Waals surface area contributed by atoms with Crippen molar-refractivity contribution in [3.8, 4) is 0 Å². The minimum atomic E-state index is -0.546. The lowest BCUT2D eigenvalue weighted by molar-refractivity contribution is -0.137. The highest BCUT2D eigenvalue weighted by Gasteiger charge is 2.32. The summed E-state index contributed by atoms with van der Waals surface area (Å²) in [5, 5.41) is 6.29. The van der Waals surface area contributed by atoms with E-state index in [2.05, 4.69) is 10.00 Å². The molecule has 6 nitrogen and oxygen atoms in total. The van der Waals surface area contributed by atoms with Crippen molar-refractivity contribution in [1.82, 2.24) is 19.6 Å². The van der Waals surface area contributed by atoms with Gasteiger partial charge in [-0.15, -0.1) is 11.3 Å². The van der Waals surface area contributed by atoms with E-state index in [1.807, 2.05) is 43.0 Å². The van der Waals surface area contributed by atoms with E-state index < -0.39 is 6.04 Å². The van der Waals surface area contributed by atoms with Crippen LogP contribution in [-0.4, -0.2) is 57.7 Å². The maximum atomic E-state index is 13.5. The number of thiophene rings is 1. The average Bonchev–Trinajstić information content (AvgIpc) is 3.24. The third kappa shape index (κ3) is 3.75. The van der Waals surface area contributed by atoms with Gasteiger partial charge in [0.25, 0.3) is 5.56 Å². The van der Waals surface area contributed by atoms with Crippen LogP contribution in [-0.2, 0) is 4.79 Å². The van der Waals surface area contributed by atoms with Crippen LogP contribution in [0, 0.1) is 6.92 Å². The number of nitrogens with zero attached hydrogens (tertiary/aromatic N) is 4. The van der Waals surface area contributed by atoms with E-state index in [0.29, 0.717) is 17.8 Å². The molecule has 1 amide bonds. The Morgan fingerprint density at radius 3 is 2.56 bits per heavy atom. The zero-order chi connectivity index (χ0) is 22.2. The SMILES string of the molecule is CC[C@H](C(=O)N1CCC(N2CCCCC2)CC1)n1nc(C)c2sc3ccccc3c2c1=O. The number of aromatic nitrogens is 2. The highest BCUT2D eigenvalue weighted by Crippen LogP contribution is 2.33. The number of piperidine rings is 2. The van der Waals surface area contributed by atoms with E-state index >= 15 is 0 Å². The van der Waals surface area contributed by atoms with Gasteiger partial charge in [0.05, 0.1) is 15.8 Å². The first-order chi connectivity index (χ1) is 15.6. The average molecular weight is 453 g/mol. The number of carbonyl (C=O) groups excluding carboxylic acids is 1. The van der Waals surface area contributed by atoms with Crippen molar-refractivity contribution in [2.45, 2.75) is 64.5 Å². The number of benzene rings is 1. The van der Waals surface area contributed by atoms with Crippen LogP contribution in [0.5, 0.6) is 0 Å². The summed E-state index contributed by atoms with van der Waals surface area (Å²) in [7, 11) is 0. The van der Waals surface area contributed by atoms with Gasteiger partial charge in [-0.05, 0) is 58.2 Å². The second-order valence-corrected chi connectivity index (χ2v) is 10.3. The molecule has 1 aromatic carbocycles. The second-order valence-electron chi connectivity index (χ2n) is 9.21. The fourth-order valence-corrected chi connectivity index (χ4v) is 6.62. The molecule has 4 heterocycles. The number of fused-ring (bicyclic) bond motifs is 3. The van der Waals surface area contributed by atoms with Crippen LogP contribution in [0.15, 0.2) is 29.1 Å². The standard InChI is InChI=1S/C25H32N4O2S/c1-3-20(24(30)28-15-11-18(12-16-28)27-13-7-4-8-14-27)29-25(31)22-19-9-5-6-10-21(19)32-23(22)17(2)26-29/h5-6,9-10,18,20H,3-4,7-8,11-16H2,1-2H3/t20-/m1/s1. The summed E-state index contributed by atoms with van der Waals surface area (Å²) in [5.74, 6) is 0.0393. The molecule has 2 aliphatic heterocycles. The van der Waals surface area contributed by atoms with Crippen molar-refractivity contribution in [2.24, 2.45) is 0 Å². The molecular weight excluding hydrogens is 420 g/mol. The monoisotopic (exact) mass is 452 g/mol. The van der Waals surface area contributed by atoms with Crippen LogP contribution in [0.25, 0.3) is 20.2 Å². The molecule has 1 atom stereocenters. The molecule has 2 saturated heterocycles. The fraction of sp³-hybridized carbons (Fsp3) is 0.560. The number of aryl methyl sites for hydroxylation is 1. The fourth-order valence-electron chi connectivity index (χ4n) is 5.49. The molecule has 5 rings (SSSR count). The lowest BCUT2D eigenvalue weighted by Crippen LogP contribution is -2.50. The van der Waals surface area contributed by atoms with Crippen LogP contribution in [0.2, 0.25) is 0 Å². The zero-order valence-corrected chi connectivity index (χ0v) is 19.9. The van der Waals surface area contributed by atoms with Gasteiger partial charge in [0.2, 0.25) is 5.91 Å². The van der Waals surface area contributed by atoms with Gasteiger partial charge in [-0.25, -0.2) is 4.68 Å². The van der Waals surface area contributed by atoms with Crippen molar-refractivity contribution in [1.29, 1.82) is 0 Å². The maximum Gasteiger partial charge on any atom is 0.276 e. The van der Waals surface area contributed by atoms with Gasteiger partial charge in [0.1, 0.15) is 6.04 Å². The van der Waals surface area contributed by atoms with Gasteiger partial charge < -0.3 is 9.80 Å². The largest absolute Gasteiger partial charge is 0.341 e. The second kappa shape index (κ2) is 8.94. The van der Waals surface area contributed by atoms with Crippen molar-refractivity contribution in [3.05, 3.63) is 40.3 Å². The van der Waals surface area contributed by atoms with Gasteiger partial charge in [0, 0.05) is 29.2 Å². The number of rotatable bonds is 4. The number of likely N-dealkylation sites (tertiary alicyclic amines) is 2. The lowest BCUT2D eigenvalue weighted by Gasteiger charge is -2.41. The third-order valence-corrected chi connectivity index (χ3v) is 8.53. The molecule has 0 aliphatic carbocycles. The molecular formula is C25H32N4O2S. The first-order valence-corrected chi connectivity index (χ1v) is 12.8. The number of hydrogen-bond donors (Lipinski definition) is 0. The molecule has 32 heavy (non-hydrogen) atoms. The van der Waals surface area contributed by atoms with Gasteiger partial charge in [-0.3, -0.25) is 9.59 Å². The van der Waals surface area contributed by atoms with E-state index in [1.165, 1.54) is 37.0 Å². The Morgan fingerprint density at radius 2 is 1.84 bits per heavy atom. The van der Waals surface area contributed by atoms with Crippen LogP contribution >= 0.6 is 11.3 Å². The number of hydrogen-bond acceptors (Lipinski definition) is 5. The number of amides is 1. The summed E-state index contributed by atoms with van der Waals surface area (Å²) in [4.78, 5) is 31.6. The summed E-state index contributed by atoms with van der Waals surface area (Å²) in [6.45, 7) is 7.85. The number of carbonyl (C=O) groups is 1. The molecule has 2 aromatic heterocycles. The van der Waals surface area contributed by atoms with Crippen molar-refractivity contribution in [3.63, 3.8) is 0 Å². The minimum Gasteiger partial charge on any atom is -0.341 e. The summed E-state index contributed by atoms with van der Waals surface area (Å²) in [6, 6.07) is 8.03. The lowest BCUT2D eigenvalue weighted by atomic mass is 9.99. The molecule has 0 spiro atoms. The van der Waals surface area contributed by atoms with Gasteiger partial charge >= 0.3 is 0 Å². The Balaban J connectivity index is 1.41.